The second kappa shape index (κ2) is 10.5. The van der Waals surface area contributed by atoms with Crippen LogP contribution in [0.15, 0.2) is 29.3 Å². The lowest BCUT2D eigenvalue weighted by Gasteiger charge is -2.39. The summed E-state index contributed by atoms with van der Waals surface area (Å²) in [5.74, 6) is 1.66. The SMILES string of the molecule is CCNC(=NCC1CCCN(C)C1c1cccc(Cl)c1)NCC1CCCC1O. The van der Waals surface area contributed by atoms with E-state index in [1.165, 1.54) is 18.4 Å². The number of aliphatic hydroxyl groups excluding tert-OH is 1. The van der Waals surface area contributed by atoms with Gasteiger partial charge in [-0.3, -0.25) is 9.89 Å². The molecule has 1 aromatic carbocycles. The zero-order valence-corrected chi connectivity index (χ0v) is 18.0. The molecule has 5 nitrogen and oxygen atoms in total. The molecule has 1 aliphatic heterocycles. The zero-order chi connectivity index (χ0) is 19.9. The Labute approximate surface area is 174 Å². The van der Waals surface area contributed by atoms with Crippen molar-refractivity contribution in [3.63, 3.8) is 0 Å². The Morgan fingerprint density at radius 2 is 2.04 bits per heavy atom. The number of hydrogen-bond acceptors (Lipinski definition) is 3. The third-order valence-electron chi connectivity index (χ3n) is 6.18. The molecular formula is C22H35ClN4O. The number of halogens is 1. The molecule has 2 aliphatic rings. The van der Waals surface area contributed by atoms with Gasteiger partial charge in [0.25, 0.3) is 0 Å². The topological polar surface area (TPSA) is 59.9 Å². The molecule has 0 radical (unpaired) electrons. The molecule has 0 bridgehead atoms. The van der Waals surface area contributed by atoms with Crippen molar-refractivity contribution < 1.29 is 5.11 Å². The van der Waals surface area contributed by atoms with E-state index in [2.05, 4.69) is 41.6 Å². The number of likely N-dealkylation sites (tertiary alicyclic amines) is 1. The van der Waals surface area contributed by atoms with Crippen LogP contribution in [-0.4, -0.2) is 55.3 Å². The van der Waals surface area contributed by atoms with Crippen molar-refractivity contribution >= 4 is 17.6 Å². The van der Waals surface area contributed by atoms with Gasteiger partial charge in [-0.25, -0.2) is 0 Å². The highest BCUT2D eigenvalue weighted by atomic mass is 35.5. The molecule has 0 aromatic heterocycles. The summed E-state index contributed by atoms with van der Waals surface area (Å²) in [6.07, 6.45) is 5.34. The van der Waals surface area contributed by atoms with Gasteiger partial charge in [0.1, 0.15) is 0 Å². The smallest absolute Gasteiger partial charge is 0.191 e. The van der Waals surface area contributed by atoms with E-state index in [-0.39, 0.29) is 6.10 Å². The van der Waals surface area contributed by atoms with E-state index in [1.807, 2.05) is 12.1 Å². The Bertz CT molecular complexity index is 653. The first-order valence-corrected chi connectivity index (χ1v) is 11.1. The molecule has 3 rings (SSSR count). The lowest BCUT2D eigenvalue weighted by atomic mass is 9.85. The van der Waals surface area contributed by atoms with Gasteiger partial charge in [0.15, 0.2) is 5.96 Å². The fourth-order valence-electron chi connectivity index (χ4n) is 4.70. The Morgan fingerprint density at radius 1 is 1.21 bits per heavy atom. The summed E-state index contributed by atoms with van der Waals surface area (Å²) < 4.78 is 0. The fourth-order valence-corrected chi connectivity index (χ4v) is 4.90. The van der Waals surface area contributed by atoms with E-state index < -0.39 is 0 Å². The van der Waals surface area contributed by atoms with E-state index in [9.17, 15) is 5.11 Å². The minimum Gasteiger partial charge on any atom is -0.393 e. The van der Waals surface area contributed by atoms with Gasteiger partial charge in [0.05, 0.1) is 6.10 Å². The zero-order valence-electron chi connectivity index (χ0n) is 17.2. The van der Waals surface area contributed by atoms with Gasteiger partial charge in [-0.05, 0) is 69.8 Å². The maximum atomic E-state index is 10.1. The predicted octanol–water partition coefficient (Wildman–Crippen LogP) is 3.44. The Morgan fingerprint density at radius 3 is 2.75 bits per heavy atom. The first-order valence-electron chi connectivity index (χ1n) is 10.7. The second-order valence-corrected chi connectivity index (χ2v) is 8.68. The molecular weight excluding hydrogens is 372 g/mol. The van der Waals surface area contributed by atoms with Gasteiger partial charge in [-0.1, -0.05) is 30.2 Å². The lowest BCUT2D eigenvalue weighted by Crippen LogP contribution is -2.42. The number of hydrogen-bond donors (Lipinski definition) is 3. The molecule has 4 atom stereocenters. The summed E-state index contributed by atoms with van der Waals surface area (Å²) in [6.45, 7) is 5.60. The summed E-state index contributed by atoms with van der Waals surface area (Å²) in [6, 6.07) is 8.59. The molecule has 156 valence electrons. The Kier molecular flexibility index (Phi) is 8.00. The maximum absolute atomic E-state index is 10.1. The number of nitrogens with one attached hydrogen (secondary N) is 2. The molecule has 0 spiro atoms. The predicted molar refractivity (Wildman–Crippen MR) is 117 cm³/mol. The van der Waals surface area contributed by atoms with Crippen LogP contribution in [0.5, 0.6) is 0 Å². The molecule has 2 fully saturated rings. The molecule has 6 heteroatoms. The standard InChI is InChI=1S/C22H35ClN4O/c1-3-24-22(25-14-17-8-5-11-20(17)28)26-15-18-9-6-12-27(2)21(18)16-7-4-10-19(23)13-16/h4,7,10,13,17-18,20-21,28H,3,5-6,8-9,11-12,14-15H2,1-2H3,(H2,24,25,26). The quantitative estimate of drug-likeness (QED) is 0.500. The minimum atomic E-state index is -0.172. The van der Waals surface area contributed by atoms with Gasteiger partial charge < -0.3 is 15.7 Å². The fraction of sp³-hybridized carbons (Fsp3) is 0.682. The van der Waals surface area contributed by atoms with Gasteiger partial charge in [-0.2, -0.15) is 0 Å². The molecule has 0 amide bonds. The van der Waals surface area contributed by atoms with E-state index >= 15 is 0 Å². The second-order valence-electron chi connectivity index (χ2n) is 8.24. The number of benzene rings is 1. The first-order chi connectivity index (χ1) is 13.6. The van der Waals surface area contributed by atoms with Crippen LogP contribution < -0.4 is 10.6 Å². The average molecular weight is 407 g/mol. The van der Waals surface area contributed by atoms with Gasteiger partial charge in [0.2, 0.25) is 0 Å². The van der Waals surface area contributed by atoms with Crippen LogP contribution in [0.1, 0.15) is 50.6 Å². The largest absolute Gasteiger partial charge is 0.393 e. The van der Waals surface area contributed by atoms with Crippen LogP contribution in [0.4, 0.5) is 0 Å². The number of aliphatic hydroxyl groups is 1. The van der Waals surface area contributed by atoms with Crippen LogP contribution in [0, 0.1) is 11.8 Å². The van der Waals surface area contributed by atoms with Crippen molar-refractivity contribution in [1.82, 2.24) is 15.5 Å². The van der Waals surface area contributed by atoms with Gasteiger partial charge in [0, 0.05) is 36.6 Å². The summed E-state index contributed by atoms with van der Waals surface area (Å²) in [5, 5.41) is 17.7. The highest BCUT2D eigenvalue weighted by Gasteiger charge is 2.30. The summed E-state index contributed by atoms with van der Waals surface area (Å²) >= 11 is 6.26. The normalized spacial score (nSPS) is 29.1. The molecule has 4 unspecified atom stereocenters. The van der Waals surface area contributed by atoms with E-state index in [4.69, 9.17) is 16.6 Å². The number of aliphatic imine (C=N–C) groups is 1. The van der Waals surface area contributed by atoms with Crippen LogP contribution in [-0.2, 0) is 0 Å². The van der Waals surface area contributed by atoms with Crippen LogP contribution in [0.2, 0.25) is 5.02 Å². The molecule has 1 saturated heterocycles. The van der Waals surface area contributed by atoms with Crippen LogP contribution in [0.3, 0.4) is 0 Å². The number of piperidine rings is 1. The third-order valence-corrected chi connectivity index (χ3v) is 6.41. The van der Waals surface area contributed by atoms with Crippen LogP contribution >= 0.6 is 11.6 Å². The summed E-state index contributed by atoms with van der Waals surface area (Å²) in [4.78, 5) is 7.34. The number of nitrogens with zero attached hydrogens (tertiary/aromatic N) is 2. The van der Waals surface area contributed by atoms with E-state index in [1.54, 1.807) is 0 Å². The lowest BCUT2D eigenvalue weighted by molar-refractivity contribution is 0.125. The minimum absolute atomic E-state index is 0.172. The third kappa shape index (κ3) is 5.62. The van der Waals surface area contributed by atoms with Gasteiger partial charge >= 0.3 is 0 Å². The van der Waals surface area contributed by atoms with Crippen molar-refractivity contribution in [3.05, 3.63) is 34.9 Å². The van der Waals surface area contributed by atoms with Crippen molar-refractivity contribution in [2.24, 2.45) is 16.8 Å². The number of guanidine groups is 1. The Balaban J connectivity index is 1.66. The van der Waals surface area contributed by atoms with E-state index in [0.29, 0.717) is 17.9 Å². The average Bonchev–Trinajstić information content (AvgIpc) is 3.09. The van der Waals surface area contributed by atoms with Crippen molar-refractivity contribution in [3.8, 4) is 0 Å². The van der Waals surface area contributed by atoms with Crippen molar-refractivity contribution in [2.75, 3.05) is 33.2 Å². The first kappa shape index (κ1) is 21.4. The van der Waals surface area contributed by atoms with Gasteiger partial charge in [-0.15, -0.1) is 0 Å². The van der Waals surface area contributed by atoms with E-state index in [0.717, 1.165) is 56.4 Å². The maximum Gasteiger partial charge on any atom is 0.191 e. The van der Waals surface area contributed by atoms with Crippen molar-refractivity contribution in [1.29, 1.82) is 0 Å². The molecule has 1 heterocycles. The molecule has 3 N–H and O–H groups in total. The van der Waals surface area contributed by atoms with Crippen LogP contribution in [0.25, 0.3) is 0 Å². The summed E-state index contributed by atoms with van der Waals surface area (Å²) in [7, 11) is 2.20. The molecule has 1 saturated carbocycles. The number of rotatable bonds is 6. The highest BCUT2D eigenvalue weighted by Crippen LogP contribution is 2.36. The Hall–Kier alpha value is -1.30. The molecule has 1 aliphatic carbocycles. The molecule has 1 aromatic rings. The monoisotopic (exact) mass is 406 g/mol. The highest BCUT2D eigenvalue weighted by molar-refractivity contribution is 6.30. The van der Waals surface area contributed by atoms with Crippen molar-refractivity contribution in [2.45, 2.75) is 51.2 Å². The summed E-state index contributed by atoms with van der Waals surface area (Å²) in [5.41, 5.74) is 1.28. The molecule has 28 heavy (non-hydrogen) atoms.